The highest BCUT2D eigenvalue weighted by atomic mass is 35.5. The molecule has 3 rings (SSSR count). The van der Waals surface area contributed by atoms with Crippen molar-refractivity contribution in [3.8, 4) is 0 Å². The van der Waals surface area contributed by atoms with Crippen LogP contribution in [0.1, 0.15) is 19.3 Å². The van der Waals surface area contributed by atoms with E-state index >= 15 is 0 Å². The van der Waals surface area contributed by atoms with Gasteiger partial charge in [0.1, 0.15) is 0 Å². The Morgan fingerprint density at radius 2 is 2.13 bits per heavy atom. The number of piperidine rings is 1. The average molecular weight is 381 g/mol. The third kappa shape index (κ3) is 5.42. The molecular formula is C16H24Cl3N3O. The van der Waals surface area contributed by atoms with Crippen LogP contribution in [0.25, 0.3) is 0 Å². The topological polar surface area (TPSA) is 44.4 Å². The first kappa shape index (κ1) is 20.4. The Morgan fingerprint density at radius 1 is 1.30 bits per heavy atom. The van der Waals surface area contributed by atoms with Crippen molar-refractivity contribution in [2.45, 2.75) is 25.3 Å². The predicted molar refractivity (Wildman–Crippen MR) is 100 cm³/mol. The molecule has 2 aliphatic rings. The van der Waals surface area contributed by atoms with E-state index in [1.807, 2.05) is 18.2 Å². The van der Waals surface area contributed by atoms with E-state index in [9.17, 15) is 4.79 Å². The number of anilines is 1. The summed E-state index contributed by atoms with van der Waals surface area (Å²) in [5.41, 5.74) is 1.14. The number of rotatable bonds is 3. The molecule has 1 amide bonds. The molecule has 0 aliphatic carbocycles. The molecule has 23 heavy (non-hydrogen) atoms. The van der Waals surface area contributed by atoms with Gasteiger partial charge in [0.25, 0.3) is 0 Å². The molecule has 2 unspecified atom stereocenters. The SMILES string of the molecule is Cl.Cl.O=C(NC1CCN(c2cccc(Cl)c2)C1)C1CCCNC1. The number of benzene rings is 1. The highest BCUT2D eigenvalue weighted by Gasteiger charge is 2.27. The number of halogens is 3. The van der Waals surface area contributed by atoms with E-state index in [1.165, 1.54) is 0 Å². The van der Waals surface area contributed by atoms with Crippen LogP contribution >= 0.6 is 36.4 Å². The Morgan fingerprint density at radius 3 is 2.83 bits per heavy atom. The Kier molecular flexibility index (Phi) is 8.48. The van der Waals surface area contributed by atoms with Crippen LogP contribution in [0.3, 0.4) is 0 Å². The van der Waals surface area contributed by atoms with Crippen molar-refractivity contribution in [3.05, 3.63) is 29.3 Å². The van der Waals surface area contributed by atoms with E-state index in [2.05, 4.69) is 21.6 Å². The quantitative estimate of drug-likeness (QED) is 0.847. The van der Waals surface area contributed by atoms with Gasteiger partial charge in [-0.1, -0.05) is 17.7 Å². The van der Waals surface area contributed by atoms with Crippen molar-refractivity contribution in [1.82, 2.24) is 10.6 Å². The van der Waals surface area contributed by atoms with Crippen LogP contribution in [-0.2, 0) is 4.79 Å². The van der Waals surface area contributed by atoms with Gasteiger partial charge in [0, 0.05) is 36.4 Å². The van der Waals surface area contributed by atoms with E-state index in [0.29, 0.717) is 0 Å². The maximum absolute atomic E-state index is 12.3. The molecule has 1 aromatic carbocycles. The molecule has 2 heterocycles. The second-order valence-electron chi connectivity index (χ2n) is 5.96. The van der Waals surface area contributed by atoms with Crippen LogP contribution < -0.4 is 15.5 Å². The number of nitrogens with zero attached hydrogens (tertiary/aromatic N) is 1. The van der Waals surface area contributed by atoms with Gasteiger partial charge < -0.3 is 15.5 Å². The summed E-state index contributed by atoms with van der Waals surface area (Å²) in [6.45, 7) is 3.69. The van der Waals surface area contributed by atoms with Crippen molar-refractivity contribution in [2.75, 3.05) is 31.1 Å². The average Bonchev–Trinajstić information content (AvgIpc) is 2.97. The summed E-state index contributed by atoms with van der Waals surface area (Å²) in [5, 5.41) is 7.26. The van der Waals surface area contributed by atoms with Crippen LogP contribution in [-0.4, -0.2) is 38.1 Å². The Bertz CT molecular complexity index is 509. The molecular weight excluding hydrogens is 357 g/mol. The van der Waals surface area contributed by atoms with E-state index in [0.717, 1.165) is 56.2 Å². The Hall–Kier alpha value is -0.680. The first-order valence-electron chi connectivity index (χ1n) is 7.74. The largest absolute Gasteiger partial charge is 0.369 e. The summed E-state index contributed by atoms with van der Waals surface area (Å²) in [5.74, 6) is 0.346. The second kappa shape index (κ2) is 9.58. The summed E-state index contributed by atoms with van der Waals surface area (Å²) in [6.07, 6.45) is 3.10. The first-order chi connectivity index (χ1) is 10.2. The van der Waals surface area contributed by atoms with Crippen LogP contribution in [0.2, 0.25) is 5.02 Å². The number of hydrogen-bond acceptors (Lipinski definition) is 3. The lowest BCUT2D eigenvalue weighted by atomic mass is 9.98. The summed E-state index contributed by atoms with van der Waals surface area (Å²) in [6, 6.07) is 8.16. The summed E-state index contributed by atoms with van der Waals surface area (Å²) < 4.78 is 0. The highest BCUT2D eigenvalue weighted by Crippen LogP contribution is 2.23. The molecule has 0 bridgehead atoms. The zero-order chi connectivity index (χ0) is 14.7. The Balaban J connectivity index is 0.00000132. The molecule has 2 atom stereocenters. The molecule has 0 saturated carbocycles. The lowest BCUT2D eigenvalue weighted by Crippen LogP contribution is -2.45. The number of carbonyl (C=O) groups excluding carboxylic acids is 1. The van der Waals surface area contributed by atoms with Crippen molar-refractivity contribution in [3.63, 3.8) is 0 Å². The van der Waals surface area contributed by atoms with Crippen LogP contribution in [0.5, 0.6) is 0 Å². The minimum atomic E-state index is 0. The van der Waals surface area contributed by atoms with E-state index in [4.69, 9.17) is 11.6 Å². The predicted octanol–water partition coefficient (Wildman–Crippen LogP) is 2.88. The molecule has 2 fully saturated rings. The fourth-order valence-corrected chi connectivity index (χ4v) is 3.36. The van der Waals surface area contributed by atoms with Crippen molar-refractivity contribution < 1.29 is 4.79 Å². The molecule has 4 nitrogen and oxygen atoms in total. The third-order valence-corrected chi connectivity index (χ3v) is 4.61. The van der Waals surface area contributed by atoms with Crippen LogP contribution in [0, 0.1) is 5.92 Å². The van der Waals surface area contributed by atoms with Crippen molar-refractivity contribution in [2.24, 2.45) is 5.92 Å². The van der Waals surface area contributed by atoms with Gasteiger partial charge in [-0.25, -0.2) is 0 Å². The Labute approximate surface area is 155 Å². The van der Waals surface area contributed by atoms with Gasteiger partial charge in [0.15, 0.2) is 0 Å². The molecule has 2 saturated heterocycles. The van der Waals surface area contributed by atoms with E-state index in [1.54, 1.807) is 0 Å². The molecule has 7 heteroatoms. The fourth-order valence-electron chi connectivity index (χ4n) is 3.18. The second-order valence-corrected chi connectivity index (χ2v) is 6.40. The molecule has 0 aromatic heterocycles. The summed E-state index contributed by atoms with van der Waals surface area (Å²) in [4.78, 5) is 14.5. The minimum absolute atomic E-state index is 0. The number of nitrogens with one attached hydrogen (secondary N) is 2. The monoisotopic (exact) mass is 379 g/mol. The summed E-state index contributed by atoms with van der Waals surface area (Å²) in [7, 11) is 0. The molecule has 2 N–H and O–H groups in total. The van der Waals surface area contributed by atoms with Gasteiger partial charge in [-0.3, -0.25) is 4.79 Å². The van der Waals surface area contributed by atoms with Gasteiger partial charge in [0.2, 0.25) is 5.91 Å². The van der Waals surface area contributed by atoms with Crippen LogP contribution in [0.4, 0.5) is 5.69 Å². The van der Waals surface area contributed by atoms with Gasteiger partial charge in [-0.05, 0) is 44.0 Å². The van der Waals surface area contributed by atoms with E-state index < -0.39 is 0 Å². The standard InChI is InChI=1S/C16H22ClN3O.2ClH/c17-13-4-1-5-15(9-13)20-8-6-14(11-20)19-16(21)12-3-2-7-18-10-12;;/h1,4-5,9,12,14,18H,2-3,6-8,10-11H2,(H,19,21);2*1H. The van der Waals surface area contributed by atoms with Crippen LogP contribution in [0.15, 0.2) is 24.3 Å². The summed E-state index contributed by atoms with van der Waals surface area (Å²) >= 11 is 6.04. The van der Waals surface area contributed by atoms with Gasteiger partial charge >= 0.3 is 0 Å². The molecule has 0 radical (unpaired) electrons. The lowest BCUT2D eigenvalue weighted by molar-refractivity contribution is -0.126. The molecule has 2 aliphatic heterocycles. The van der Waals surface area contributed by atoms with Gasteiger partial charge in [0.05, 0.1) is 5.92 Å². The maximum Gasteiger partial charge on any atom is 0.224 e. The van der Waals surface area contributed by atoms with E-state index in [-0.39, 0.29) is 42.7 Å². The number of amides is 1. The zero-order valence-corrected chi connectivity index (χ0v) is 15.4. The normalized spacial score (nSPS) is 23.6. The lowest BCUT2D eigenvalue weighted by Gasteiger charge is -2.24. The minimum Gasteiger partial charge on any atom is -0.369 e. The molecule has 1 aromatic rings. The van der Waals surface area contributed by atoms with Gasteiger partial charge in [-0.2, -0.15) is 0 Å². The molecule has 130 valence electrons. The first-order valence-corrected chi connectivity index (χ1v) is 8.12. The number of carbonyl (C=O) groups is 1. The maximum atomic E-state index is 12.3. The number of hydrogen-bond donors (Lipinski definition) is 2. The van der Waals surface area contributed by atoms with Crippen molar-refractivity contribution >= 4 is 48.0 Å². The molecule has 0 spiro atoms. The van der Waals surface area contributed by atoms with Gasteiger partial charge in [-0.15, -0.1) is 24.8 Å². The highest BCUT2D eigenvalue weighted by molar-refractivity contribution is 6.30. The van der Waals surface area contributed by atoms with Crippen molar-refractivity contribution in [1.29, 1.82) is 0 Å². The third-order valence-electron chi connectivity index (χ3n) is 4.38. The smallest absolute Gasteiger partial charge is 0.224 e. The zero-order valence-electron chi connectivity index (χ0n) is 13.0. The fraction of sp³-hybridized carbons (Fsp3) is 0.562.